The summed E-state index contributed by atoms with van der Waals surface area (Å²) in [4.78, 5) is 27.1. The van der Waals surface area contributed by atoms with Gasteiger partial charge in [-0.2, -0.15) is 0 Å². The normalized spacial score (nSPS) is 18.7. The number of aromatic nitrogens is 4. The molecule has 1 fully saturated rings. The van der Waals surface area contributed by atoms with Gasteiger partial charge < -0.3 is 14.2 Å². The quantitative estimate of drug-likeness (QED) is 0.839. The Kier molecular flexibility index (Phi) is 4.66. The lowest BCUT2D eigenvalue weighted by atomic mass is 10.0. The van der Waals surface area contributed by atoms with E-state index < -0.39 is 0 Å². The van der Waals surface area contributed by atoms with Crippen LogP contribution < -0.4 is 0 Å². The average molecular weight is 315 g/mol. The Morgan fingerprint density at radius 1 is 1.39 bits per heavy atom. The first-order valence-electron chi connectivity index (χ1n) is 7.75. The highest BCUT2D eigenvalue weighted by Gasteiger charge is 2.25. The standard InChI is InChI=1S/C16H21N5O2/c1-12-7-14(19-11-18-12)8-13-9-21(5-6-23-10-13)16(22)15-17-3-4-20(15)2/h3-4,7,11,13H,5-6,8-10H2,1-2H3/t13-/m1/s1. The lowest BCUT2D eigenvalue weighted by Gasteiger charge is -2.23. The fourth-order valence-electron chi connectivity index (χ4n) is 2.82. The van der Waals surface area contributed by atoms with Crippen molar-refractivity contribution < 1.29 is 9.53 Å². The molecule has 0 bridgehead atoms. The second-order valence-corrected chi connectivity index (χ2v) is 5.91. The Bertz CT molecular complexity index is 685. The fraction of sp³-hybridized carbons (Fsp3) is 0.500. The van der Waals surface area contributed by atoms with E-state index in [2.05, 4.69) is 15.0 Å². The number of carbonyl (C=O) groups excluding carboxylic acids is 1. The molecule has 0 aromatic carbocycles. The molecule has 2 aromatic heterocycles. The van der Waals surface area contributed by atoms with Crippen LogP contribution in [0.5, 0.6) is 0 Å². The van der Waals surface area contributed by atoms with Crippen molar-refractivity contribution in [2.24, 2.45) is 13.0 Å². The van der Waals surface area contributed by atoms with Crippen LogP contribution in [-0.2, 0) is 18.2 Å². The van der Waals surface area contributed by atoms with Crippen molar-refractivity contribution in [2.45, 2.75) is 13.3 Å². The third-order valence-electron chi connectivity index (χ3n) is 4.00. The van der Waals surface area contributed by atoms with Crippen LogP contribution in [0.15, 0.2) is 24.8 Å². The van der Waals surface area contributed by atoms with Crippen LogP contribution in [0.3, 0.4) is 0 Å². The molecule has 0 N–H and O–H groups in total. The third kappa shape index (κ3) is 3.73. The highest BCUT2D eigenvalue weighted by Crippen LogP contribution is 2.15. The van der Waals surface area contributed by atoms with Gasteiger partial charge in [-0.25, -0.2) is 15.0 Å². The summed E-state index contributed by atoms with van der Waals surface area (Å²) in [5.74, 6) is 0.631. The van der Waals surface area contributed by atoms with E-state index in [1.54, 1.807) is 23.3 Å². The van der Waals surface area contributed by atoms with Crippen LogP contribution in [0.25, 0.3) is 0 Å². The van der Waals surface area contributed by atoms with Crippen LogP contribution >= 0.6 is 0 Å². The fourth-order valence-corrected chi connectivity index (χ4v) is 2.82. The van der Waals surface area contributed by atoms with Crippen LogP contribution in [0.1, 0.15) is 22.0 Å². The monoisotopic (exact) mass is 315 g/mol. The molecule has 0 unspecified atom stereocenters. The molecule has 0 radical (unpaired) electrons. The van der Waals surface area contributed by atoms with Gasteiger partial charge in [0.2, 0.25) is 0 Å². The molecule has 0 spiro atoms. The molecule has 1 atom stereocenters. The number of ether oxygens (including phenoxy) is 1. The van der Waals surface area contributed by atoms with Crippen LogP contribution in [0.4, 0.5) is 0 Å². The van der Waals surface area contributed by atoms with Crippen LogP contribution in [0.2, 0.25) is 0 Å². The first-order chi connectivity index (χ1) is 11.1. The summed E-state index contributed by atoms with van der Waals surface area (Å²) in [5.41, 5.74) is 1.93. The Labute approximate surface area is 135 Å². The van der Waals surface area contributed by atoms with Gasteiger partial charge in [0.25, 0.3) is 5.91 Å². The lowest BCUT2D eigenvalue weighted by molar-refractivity contribution is 0.0721. The summed E-state index contributed by atoms with van der Waals surface area (Å²) in [6, 6.07) is 1.98. The molecule has 3 heterocycles. The minimum absolute atomic E-state index is 0.0492. The van der Waals surface area contributed by atoms with E-state index in [0.29, 0.717) is 32.1 Å². The predicted molar refractivity (Wildman–Crippen MR) is 83.9 cm³/mol. The zero-order valence-electron chi connectivity index (χ0n) is 13.5. The van der Waals surface area contributed by atoms with Gasteiger partial charge in [0.1, 0.15) is 6.33 Å². The molecular weight excluding hydrogens is 294 g/mol. The van der Waals surface area contributed by atoms with Crippen molar-refractivity contribution >= 4 is 5.91 Å². The van der Waals surface area contributed by atoms with Crippen LogP contribution in [0, 0.1) is 12.8 Å². The topological polar surface area (TPSA) is 73.1 Å². The predicted octanol–water partition coefficient (Wildman–Crippen LogP) is 0.850. The van der Waals surface area contributed by atoms with Gasteiger partial charge in [0, 0.05) is 49.8 Å². The average Bonchev–Trinajstić information content (AvgIpc) is 2.81. The molecule has 3 rings (SSSR count). The summed E-state index contributed by atoms with van der Waals surface area (Å²) in [6.07, 6.45) is 5.78. The minimum atomic E-state index is -0.0492. The molecule has 0 aliphatic carbocycles. The highest BCUT2D eigenvalue weighted by molar-refractivity contribution is 5.90. The Balaban J connectivity index is 1.71. The Hall–Kier alpha value is -2.28. The number of nitrogens with zero attached hydrogens (tertiary/aromatic N) is 5. The third-order valence-corrected chi connectivity index (χ3v) is 4.00. The van der Waals surface area contributed by atoms with E-state index in [9.17, 15) is 4.79 Å². The lowest BCUT2D eigenvalue weighted by Crippen LogP contribution is -2.37. The maximum absolute atomic E-state index is 12.6. The SMILES string of the molecule is Cc1cc(C[C@H]2COCCN(C(=O)c3nccn3C)C2)ncn1. The Morgan fingerprint density at radius 2 is 2.26 bits per heavy atom. The molecule has 2 aromatic rings. The van der Waals surface area contributed by atoms with E-state index in [-0.39, 0.29) is 11.8 Å². The zero-order chi connectivity index (χ0) is 16.2. The molecule has 1 saturated heterocycles. The van der Waals surface area contributed by atoms with Crippen molar-refractivity contribution in [3.05, 3.63) is 42.0 Å². The molecular formula is C16H21N5O2. The van der Waals surface area contributed by atoms with Gasteiger partial charge in [0.05, 0.1) is 13.2 Å². The maximum Gasteiger partial charge on any atom is 0.289 e. The van der Waals surface area contributed by atoms with Gasteiger partial charge in [0.15, 0.2) is 5.82 Å². The Morgan fingerprint density at radius 3 is 3.00 bits per heavy atom. The first-order valence-corrected chi connectivity index (χ1v) is 7.75. The molecule has 7 nitrogen and oxygen atoms in total. The molecule has 1 aliphatic heterocycles. The van der Waals surface area contributed by atoms with Gasteiger partial charge >= 0.3 is 0 Å². The first kappa shape index (κ1) is 15.6. The summed E-state index contributed by atoms with van der Waals surface area (Å²) < 4.78 is 7.42. The highest BCUT2D eigenvalue weighted by atomic mass is 16.5. The summed E-state index contributed by atoms with van der Waals surface area (Å²) in [6.45, 7) is 4.37. The summed E-state index contributed by atoms with van der Waals surface area (Å²) in [5, 5.41) is 0. The van der Waals surface area contributed by atoms with Crippen LogP contribution in [-0.4, -0.2) is 56.6 Å². The number of hydrogen-bond donors (Lipinski definition) is 0. The van der Waals surface area contributed by atoms with Gasteiger partial charge in [-0.05, 0) is 19.4 Å². The number of imidazole rings is 1. The van der Waals surface area contributed by atoms with E-state index in [1.807, 2.05) is 24.9 Å². The van der Waals surface area contributed by atoms with Gasteiger partial charge in [-0.15, -0.1) is 0 Å². The molecule has 23 heavy (non-hydrogen) atoms. The molecule has 7 heteroatoms. The van der Waals surface area contributed by atoms with Crippen molar-refractivity contribution in [3.63, 3.8) is 0 Å². The number of amides is 1. The minimum Gasteiger partial charge on any atom is -0.379 e. The second kappa shape index (κ2) is 6.87. The van der Waals surface area contributed by atoms with E-state index in [0.717, 1.165) is 17.8 Å². The number of hydrogen-bond acceptors (Lipinski definition) is 5. The maximum atomic E-state index is 12.6. The number of carbonyl (C=O) groups is 1. The van der Waals surface area contributed by atoms with E-state index in [4.69, 9.17) is 4.74 Å². The molecule has 0 saturated carbocycles. The van der Waals surface area contributed by atoms with Gasteiger partial charge in [-0.3, -0.25) is 4.79 Å². The molecule has 122 valence electrons. The largest absolute Gasteiger partial charge is 0.379 e. The van der Waals surface area contributed by atoms with Gasteiger partial charge in [-0.1, -0.05) is 0 Å². The van der Waals surface area contributed by atoms with E-state index >= 15 is 0 Å². The number of aryl methyl sites for hydroxylation is 2. The smallest absolute Gasteiger partial charge is 0.289 e. The molecule has 1 amide bonds. The van der Waals surface area contributed by atoms with Crippen molar-refractivity contribution in [1.82, 2.24) is 24.4 Å². The second-order valence-electron chi connectivity index (χ2n) is 5.91. The summed E-state index contributed by atoms with van der Waals surface area (Å²) in [7, 11) is 1.83. The molecule has 1 aliphatic rings. The van der Waals surface area contributed by atoms with Crippen molar-refractivity contribution in [2.75, 3.05) is 26.3 Å². The summed E-state index contributed by atoms with van der Waals surface area (Å²) >= 11 is 0. The van der Waals surface area contributed by atoms with Crippen molar-refractivity contribution in [1.29, 1.82) is 0 Å². The number of rotatable bonds is 3. The zero-order valence-corrected chi connectivity index (χ0v) is 13.5. The van der Waals surface area contributed by atoms with E-state index in [1.165, 1.54) is 0 Å². The van der Waals surface area contributed by atoms with Crippen molar-refractivity contribution in [3.8, 4) is 0 Å².